The third-order valence-corrected chi connectivity index (χ3v) is 4.17. The number of methoxy groups -OCH3 is 1. The number of ether oxygens (including phenoxy) is 1. The minimum atomic E-state index is -0.507. The van der Waals surface area contributed by atoms with E-state index in [-0.39, 0.29) is 11.3 Å². The zero-order valence-corrected chi connectivity index (χ0v) is 12.4. The Hall–Kier alpha value is -1.42. The van der Waals surface area contributed by atoms with E-state index in [4.69, 9.17) is 4.74 Å². The molecule has 2 rings (SSSR count). The van der Waals surface area contributed by atoms with E-state index < -0.39 is 5.82 Å². The average molecular weight is 279 g/mol. The van der Waals surface area contributed by atoms with Crippen molar-refractivity contribution in [1.29, 1.82) is 0 Å². The fraction of sp³-hybridized carbons (Fsp3) is 0.562. The van der Waals surface area contributed by atoms with Gasteiger partial charge in [0.15, 0.2) is 5.78 Å². The van der Waals surface area contributed by atoms with Gasteiger partial charge < -0.3 is 9.64 Å². The summed E-state index contributed by atoms with van der Waals surface area (Å²) in [5.74, 6) is 0.369. The highest BCUT2D eigenvalue weighted by atomic mass is 19.1. The quantitative estimate of drug-likeness (QED) is 0.718. The van der Waals surface area contributed by atoms with Crippen LogP contribution in [-0.2, 0) is 0 Å². The summed E-state index contributed by atoms with van der Waals surface area (Å²) in [4.78, 5) is 14.4. The first-order chi connectivity index (χ1) is 9.54. The van der Waals surface area contributed by atoms with Crippen molar-refractivity contribution >= 4 is 5.78 Å². The van der Waals surface area contributed by atoms with Gasteiger partial charge in [0.2, 0.25) is 0 Å². The molecule has 1 atom stereocenters. The van der Waals surface area contributed by atoms with Crippen LogP contribution in [0.3, 0.4) is 0 Å². The maximum atomic E-state index is 13.8. The second-order valence-corrected chi connectivity index (χ2v) is 5.55. The smallest absolute Gasteiger partial charge is 0.170 e. The number of ketones is 1. The van der Waals surface area contributed by atoms with Crippen molar-refractivity contribution in [2.45, 2.75) is 32.2 Å². The summed E-state index contributed by atoms with van der Waals surface area (Å²) in [7, 11) is 3.47. The van der Waals surface area contributed by atoms with Gasteiger partial charge in [-0.05, 0) is 44.9 Å². The molecule has 20 heavy (non-hydrogen) atoms. The lowest BCUT2D eigenvalue weighted by atomic mass is 10.1. The van der Waals surface area contributed by atoms with Crippen molar-refractivity contribution in [2.24, 2.45) is 5.92 Å². The van der Waals surface area contributed by atoms with Crippen molar-refractivity contribution in [1.82, 2.24) is 4.90 Å². The summed E-state index contributed by atoms with van der Waals surface area (Å²) >= 11 is 0. The van der Waals surface area contributed by atoms with E-state index in [9.17, 15) is 9.18 Å². The van der Waals surface area contributed by atoms with Crippen molar-refractivity contribution in [3.8, 4) is 5.75 Å². The van der Waals surface area contributed by atoms with E-state index >= 15 is 0 Å². The number of benzene rings is 1. The van der Waals surface area contributed by atoms with Crippen LogP contribution in [-0.4, -0.2) is 37.4 Å². The highest BCUT2D eigenvalue weighted by Gasteiger charge is 2.30. The first kappa shape index (κ1) is 15.0. The van der Waals surface area contributed by atoms with Gasteiger partial charge in [0.25, 0.3) is 0 Å². The largest absolute Gasteiger partial charge is 0.496 e. The van der Waals surface area contributed by atoms with E-state index in [1.807, 2.05) is 7.05 Å². The summed E-state index contributed by atoms with van der Waals surface area (Å²) in [5, 5.41) is 0. The van der Waals surface area contributed by atoms with Crippen LogP contribution in [0.5, 0.6) is 5.75 Å². The zero-order valence-electron chi connectivity index (χ0n) is 12.4. The number of carbonyl (C=O) groups is 1. The standard InChI is InChI=1S/C16H22FNO2/c1-11(12-7-8-12)18(2)10-9-14(19)16-13(17)5-4-6-15(16)20-3/h4-6,11-12H,7-10H2,1-3H3. The molecule has 1 unspecified atom stereocenters. The van der Waals surface area contributed by atoms with E-state index in [0.29, 0.717) is 24.8 Å². The molecule has 4 heteroatoms. The van der Waals surface area contributed by atoms with Gasteiger partial charge in [0.1, 0.15) is 11.6 Å². The fourth-order valence-electron chi connectivity index (χ4n) is 2.49. The van der Waals surface area contributed by atoms with Crippen LogP contribution in [0, 0.1) is 11.7 Å². The van der Waals surface area contributed by atoms with Crippen LogP contribution < -0.4 is 4.74 Å². The minimum absolute atomic E-state index is 0.0717. The molecule has 0 spiro atoms. The molecule has 0 N–H and O–H groups in total. The number of rotatable bonds is 7. The Bertz CT molecular complexity index is 485. The maximum Gasteiger partial charge on any atom is 0.170 e. The second kappa shape index (κ2) is 6.35. The molecule has 0 saturated heterocycles. The molecule has 110 valence electrons. The van der Waals surface area contributed by atoms with Crippen LogP contribution >= 0.6 is 0 Å². The molecule has 0 aliphatic heterocycles. The summed E-state index contributed by atoms with van der Waals surface area (Å²) in [6.07, 6.45) is 2.87. The molecule has 1 fully saturated rings. The van der Waals surface area contributed by atoms with Gasteiger partial charge in [-0.1, -0.05) is 6.07 Å². The van der Waals surface area contributed by atoms with Crippen molar-refractivity contribution in [2.75, 3.05) is 20.7 Å². The number of nitrogens with zero attached hydrogens (tertiary/aromatic N) is 1. The average Bonchev–Trinajstić information content (AvgIpc) is 3.27. The number of hydrogen-bond donors (Lipinski definition) is 0. The first-order valence-electron chi connectivity index (χ1n) is 7.10. The first-order valence-corrected chi connectivity index (χ1v) is 7.10. The normalized spacial score (nSPS) is 16.2. The van der Waals surface area contributed by atoms with Crippen molar-refractivity contribution < 1.29 is 13.9 Å². The van der Waals surface area contributed by atoms with E-state index in [2.05, 4.69) is 11.8 Å². The molecule has 0 heterocycles. The molecular weight excluding hydrogens is 257 g/mol. The Kier molecular flexibility index (Phi) is 4.76. The lowest BCUT2D eigenvalue weighted by Gasteiger charge is -2.24. The lowest BCUT2D eigenvalue weighted by molar-refractivity contribution is 0.0952. The summed E-state index contributed by atoms with van der Waals surface area (Å²) < 4.78 is 18.9. The van der Waals surface area contributed by atoms with Crippen LogP contribution in [0.15, 0.2) is 18.2 Å². The van der Waals surface area contributed by atoms with Crippen molar-refractivity contribution in [3.05, 3.63) is 29.6 Å². The van der Waals surface area contributed by atoms with Gasteiger partial charge in [-0.25, -0.2) is 4.39 Å². The van der Waals surface area contributed by atoms with Gasteiger partial charge >= 0.3 is 0 Å². The highest BCUT2D eigenvalue weighted by molar-refractivity contribution is 5.99. The van der Waals surface area contributed by atoms with E-state index in [1.54, 1.807) is 12.1 Å². The Balaban J connectivity index is 1.98. The molecular formula is C16H22FNO2. The molecule has 0 radical (unpaired) electrons. The third kappa shape index (κ3) is 3.37. The molecule has 0 aromatic heterocycles. The maximum absolute atomic E-state index is 13.8. The SMILES string of the molecule is COc1cccc(F)c1C(=O)CCN(C)C(C)C1CC1. The second-order valence-electron chi connectivity index (χ2n) is 5.55. The Labute approximate surface area is 119 Å². The van der Waals surface area contributed by atoms with Gasteiger partial charge in [-0.3, -0.25) is 4.79 Å². The third-order valence-electron chi connectivity index (χ3n) is 4.17. The van der Waals surface area contributed by atoms with Crippen molar-refractivity contribution in [3.63, 3.8) is 0 Å². The summed E-state index contributed by atoms with van der Waals surface area (Å²) in [6, 6.07) is 4.95. The van der Waals surface area contributed by atoms with E-state index in [0.717, 1.165) is 5.92 Å². The summed E-state index contributed by atoms with van der Waals surface area (Å²) in [5.41, 5.74) is 0.0717. The van der Waals surface area contributed by atoms with Crippen LogP contribution in [0.25, 0.3) is 0 Å². The zero-order chi connectivity index (χ0) is 14.7. The molecule has 1 aliphatic rings. The number of halogens is 1. The Morgan fingerprint density at radius 2 is 2.20 bits per heavy atom. The van der Waals surface area contributed by atoms with Gasteiger partial charge in [-0.15, -0.1) is 0 Å². The highest BCUT2D eigenvalue weighted by Crippen LogP contribution is 2.34. The van der Waals surface area contributed by atoms with Gasteiger partial charge in [0, 0.05) is 19.0 Å². The lowest BCUT2D eigenvalue weighted by Crippen LogP contribution is -2.32. The Morgan fingerprint density at radius 3 is 2.80 bits per heavy atom. The topological polar surface area (TPSA) is 29.5 Å². The van der Waals surface area contributed by atoms with Crippen LogP contribution in [0.1, 0.15) is 36.5 Å². The van der Waals surface area contributed by atoms with E-state index in [1.165, 1.54) is 26.0 Å². The predicted octanol–water partition coefficient (Wildman–Crippen LogP) is 3.14. The summed E-state index contributed by atoms with van der Waals surface area (Å²) in [6.45, 7) is 2.83. The number of Topliss-reactive ketones (excluding diaryl/α,β-unsaturated/α-hetero) is 1. The van der Waals surface area contributed by atoms with Crippen LogP contribution in [0.2, 0.25) is 0 Å². The monoisotopic (exact) mass is 279 g/mol. The predicted molar refractivity (Wildman–Crippen MR) is 76.7 cm³/mol. The Morgan fingerprint density at radius 1 is 1.50 bits per heavy atom. The number of carbonyl (C=O) groups excluding carboxylic acids is 1. The minimum Gasteiger partial charge on any atom is -0.496 e. The van der Waals surface area contributed by atoms with Crippen LogP contribution in [0.4, 0.5) is 4.39 Å². The van der Waals surface area contributed by atoms with Gasteiger partial charge in [0.05, 0.1) is 12.7 Å². The van der Waals surface area contributed by atoms with Gasteiger partial charge in [-0.2, -0.15) is 0 Å². The molecule has 1 aliphatic carbocycles. The molecule has 0 bridgehead atoms. The molecule has 1 saturated carbocycles. The number of hydrogen-bond acceptors (Lipinski definition) is 3. The fourth-order valence-corrected chi connectivity index (χ4v) is 2.49. The molecule has 0 amide bonds. The molecule has 3 nitrogen and oxygen atoms in total. The molecule has 1 aromatic rings. The molecule has 1 aromatic carbocycles.